The molecule has 30 heavy (non-hydrogen) atoms. The second-order valence-electron chi connectivity index (χ2n) is 6.82. The minimum absolute atomic E-state index is 0.573. The molecule has 0 radical (unpaired) electrons. The van der Waals surface area contributed by atoms with E-state index in [2.05, 4.69) is 54.7 Å². The minimum Gasteiger partial charge on any atom is -0.383 e. The summed E-state index contributed by atoms with van der Waals surface area (Å²) in [7, 11) is 1.66. The summed E-state index contributed by atoms with van der Waals surface area (Å²) in [5.41, 5.74) is 4.53. The summed E-state index contributed by atoms with van der Waals surface area (Å²) in [6.07, 6.45) is 0. The van der Waals surface area contributed by atoms with Gasteiger partial charge in [-0.15, -0.1) is 11.3 Å². The van der Waals surface area contributed by atoms with E-state index in [1.807, 2.05) is 0 Å². The normalized spacial score (nSPS) is 11.3. The van der Waals surface area contributed by atoms with Crippen LogP contribution < -0.4 is 5.32 Å². The highest BCUT2D eigenvalue weighted by Gasteiger charge is 2.06. The molecule has 3 rings (SSSR count). The molecule has 0 aliphatic rings. The zero-order valence-electron chi connectivity index (χ0n) is 17.7. The molecule has 0 bridgehead atoms. The number of fused-ring (bicyclic) bond motifs is 1. The maximum Gasteiger partial charge on any atom is 0.124 e. The van der Waals surface area contributed by atoms with Crippen LogP contribution in [0.25, 0.3) is 20.8 Å². The number of ether oxygens (including phenoxy) is 4. The van der Waals surface area contributed by atoms with Crippen molar-refractivity contribution in [3.05, 3.63) is 48.0 Å². The number of benzene rings is 2. The lowest BCUT2D eigenvalue weighted by molar-refractivity contribution is 0.00495. The molecule has 0 amide bonds. The Balaban J connectivity index is 1.29. The summed E-state index contributed by atoms with van der Waals surface area (Å²) in [6.45, 7) is 7.01. The van der Waals surface area contributed by atoms with Crippen LogP contribution in [0, 0.1) is 6.92 Å². The van der Waals surface area contributed by atoms with Crippen molar-refractivity contribution in [2.24, 2.45) is 0 Å². The van der Waals surface area contributed by atoms with E-state index in [0.717, 1.165) is 28.3 Å². The summed E-state index contributed by atoms with van der Waals surface area (Å²) >= 11 is 1.73. The van der Waals surface area contributed by atoms with Crippen LogP contribution in [0.2, 0.25) is 0 Å². The van der Waals surface area contributed by atoms with E-state index < -0.39 is 0 Å². The highest BCUT2D eigenvalue weighted by molar-refractivity contribution is 7.21. The molecule has 0 fully saturated rings. The number of rotatable bonds is 14. The maximum atomic E-state index is 5.58. The Morgan fingerprint density at radius 3 is 2.20 bits per heavy atom. The number of hydrogen-bond acceptors (Lipinski definition) is 7. The molecule has 1 N–H and O–H groups in total. The van der Waals surface area contributed by atoms with E-state index >= 15 is 0 Å². The van der Waals surface area contributed by atoms with Crippen molar-refractivity contribution in [1.82, 2.24) is 4.98 Å². The van der Waals surface area contributed by atoms with Gasteiger partial charge in [0.05, 0.1) is 56.5 Å². The first kappa shape index (κ1) is 22.7. The molecule has 1 heterocycles. The van der Waals surface area contributed by atoms with Crippen molar-refractivity contribution >= 4 is 27.2 Å². The van der Waals surface area contributed by atoms with E-state index in [-0.39, 0.29) is 0 Å². The Labute approximate surface area is 182 Å². The Morgan fingerprint density at radius 2 is 1.50 bits per heavy atom. The highest BCUT2D eigenvalue weighted by atomic mass is 32.1. The van der Waals surface area contributed by atoms with Crippen LogP contribution in [-0.2, 0) is 18.9 Å². The van der Waals surface area contributed by atoms with Crippen molar-refractivity contribution in [2.45, 2.75) is 6.92 Å². The van der Waals surface area contributed by atoms with Gasteiger partial charge < -0.3 is 24.3 Å². The molecule has 3 aromatic rings. The third kappa shape index (κ3) is 7.34. The van der Waals surface area contributed by atoms with Gasteiger partial charge in [0.25, 0.3) is 0 Å². The van der Waals surface area contributed by atoms with Gasteiger partial charge in [0.15, 0.2) is 0 Å². The largest absolute Gasteiger partial charge is 0.383 e. The Hall–Kier alpha value is -2.03. The van der Waals surface area contributed by atoms with Crippen LogP contribution in [0.15, 0.2) is 42.5 Å². The molecule has 0 saturated heterocycles. The molecular formula is C23H30N2O4S. The first-order valence-electron chi connectivity index (χ1n) is 10.2. The minimum atomic E-state index is 0.573. The quantitative estimate of drug-likeness (QED) is 0.383. The van der Waals surface area contributed by atoms with E-state index in [0.29, 0.717) is 46.2 Å². The maximum absolute atomic E-state index is 5.58. The molecule has 6 nitrogen and oxygen atoms in total. The van der Waals surface area contributed by atoms with Crippen molar-refractivity contribution in [3.8, 4) is 10.6 Å². The van der Waals surface area contributed by atoms with Crippen molar-refractivity contribution in [1.29, 1.82) is 0 Å². The topological polar surface area (TPSA) is 61.8 Å². The third-order valence-electron chi connectivity index (χ3n) is 4.43. The lowest BCUT2D eigenvalue weighted by Gasteiger charge is -2.09. The van der Waals surface area contributed by atoms with Crippen molar-refractivity contribution in [2.75, 3.05) is 65.2 Å². The first-order chi connectivity index (χ1) is 14.8. The Bertz CT molecular complexity index is 883. The summed E-state index contributed by atoms with van der Waals surface area (Å²) in [4.78, 5) is 4.74. The van der Waals surface area contributed by atoms with Gasteiger partial charge in [-0.25, -0.2) is 4.98 Å². The molecule has 0 unspecified atom stereocenters. The van der Waals surface area contributed by atoms with Crippen LogP contribution in [0.3, 0.4) is 0 Å². The van der Waals surface area contributed by atoms with Crippen molar-refractivity contribution < 1.29 is 18.9 Å². The molecule has 0 aliphatic carbocycles. The van der Waals surface area contributed by atoms with Crippen LogP contribution >= 0.6 is 11.3 Å². The van der Waals surface area contributed by atoms with E-state index in [4.69, 9.17) is 23.9 Å². The van der Waals surface area contributed by atoms with Crippen LogP contribution in [0.5, 0.6) is 0 Å². The Morgan fingerprint density at radius 1 is 0.833 bits per heavy atom. The summed E-state index contributed by atoms with van der Waals surface area (Å²) < 4.78 is 22.5. The third-order valence-corrected chi connectivity index (χ3v) is 5.49. The molecule has 0 aliphatic heterocycles. The van der Waals surface area contributed by atoms with Gasteiger partial charge in [0, 0.05) is 24.9 Å². The summed E-state index contributed by atoms with van der Waals surface area (Å²) in [6, 6.07) is 14.8. The van der Waals surface area contributed by atoms with Gasteiger partial charge in [-0.3, -0.25) is 0 Å². The monoisotopic (exact) mass is 430 g/mol. The molecule has 162 valence electrons. The predicted octanol–water partition coefficient (Wildman–Crippen LogP) is 4.38. The second kappa shape index (κ2) is 12.6. The van der Waals surface area contributed by atoms with Crippen LogP contribution in [-0.4, -0.2) is 64.9 Å². The molecule has 2 aromatic carbocycles. The van der Waals surface area contributed by atoms with Crippen LogP contribution in [0.1, 0.15) is 5.56 Å². The van der Waals surface area contributed by atoms with Gasteiger partial charge in [0.2, 0.25) is 0 Å². The lowest BCUT2D eigenvalue weighted by Crippen LogP contribution is -2.14. The predicted molar refractivity (Wildman–Crippen MR) is 123 cm³/mol. The molecule has 0 saturated carbocycles. The smallest absolute Gasteiger partial charge is 0.124 e. The van der Waals surface area contributed by atoms with Crippen LogP contribution in [0.4, 0.5) is 5.69 Å². The number of aryl methyl sites for hydroxylation is 1. The number of nitrogens with one attached hydrogen (secondary N) is 1. The molecule has 0 atom stereocenters. The number of hydrogen-bond donors (Lipinski definition) is 1. The second-order valence-corrected chi connectivity index (χ2v) is 7.85. The van der Waals surface area contributed by atoms with Gasteiger partial charge in [-0.1, -0.05) is 6.07 Å². The van der Waals surface area contributed by atoms with Gasteiger partial charge in [-0.2, -0.15) is 0 Å². The number of aromatic nitrogens is 1. The fraction of sp³-hybridized carbons (Fsp3) is 0.435. The number of methoxy groups -OCH3 is 1. The average molecular weight is 431 g/mol. The Kier molecular flexibility index (Phi) is 9.53. The van der Waals surface area contributed by atoms with E-state index in [9.17, 15) is 0 Å². The SMILES string of the molecule is COCCOCCOCCOCCNc1ccc(-c2nc3ccc(C)cc3s2)cc1. The zero-order valence-corrected chi connectivity index (χ0v) is 18.5. The number of thiazole rings is 1. The molecule has 1 aromatic heterocycles. The molecule has 7 heteroatoms. The molecular weight excluding hydrogens is 400 g/mol. The summed E-state index contributed by atoms with van der Waals surface area (Å²) in [5.74, 6) is 0. The zero-order chi connectivity index (χ0) is 21.0. The fourth-order valence-electron chi connectivity index (χ4n) is 2.84. The highest BCUT2D eigenvalue weighted by Crippen LogP contribution is 2.31. The van der Waals surface area contributed by atoms with E-state index in [1.165, 1.54) is 10.3 Å². The number of anilines is 1. The average Bonchev–Trinajstić information content (AvgIpc) is 3.18. The number of nitrogens with zero attached hydrogens (tertiary/aromatic N) is 1. The summed E-state index contributed by atoms with van der Waals surface area (Å²) in [5, 5.41) is 4.42. The van der Waals surface area contributed by atoms with E-state index in [1.54, 1.807) is 18.4 Å². The lowest BCUT2D eigenvalue weighted by atomic mass is 10.2. The van der Waals surface area contributed by atoms with Gasteiger partial charge >= 0.3 is 0 Å². The van der Waals surface area contributed by atoms with Gasteiger partial charge in [0.1, 0.15) is 5.01 Å². The van der Waals surface area contributed by atoms with Crippen molar-refractivity contribution in [3.63, 3.8) is 0 Å². The van der Waals surface area contributed by atoms with Gasteiger partial charge in [-0.05, 0) is 48.9 Å². The standard InChI is InChI=1S/C23H30N2O4S/c1-18-3-8-21-22(17-18)30-23(25-21)19-4-6-20(7-5-19)24-9-10-27-13-14-29-16-15-28-12-11-26-2/h3-8,17,24H,9-16H2,1-2H3. The molecule has 0 spiro atoms. The first-order valence-corrected chi connectivity index (χ1v) is 11.0. The fourth-order valence-corrected chi connectivity index (χ4v) is 3.91.